The number of aliphatic hydroxyl groups excluding tert-OH is 1. The highest BCUT2D eigenvalue weighted by molar-refractivity contribution is 7.99. The maximum Gasteiger partial charge on any atom is 0.220 e. The molecule has 5 nitrogen and oxygen atoms in total. The van der Waals surface area contributed by atoms with E-state index in [1.807, 2.05) is 33.3 Å². The van der Waals surface area contributed by atoms with E-state index in [9.17, 15) is 9.90 Å². The first-order valence-corrected chi connectivity index (χ1v) is 7.68. The maximum absolute atomic E-state index is 11.9. The van der Waals surface area contributed by atoms with Crippen molar-refractivity contribution in [3.63, 3.8) is 0 Å². The molecule has 0 bridgehead atoms. The van der Waals surface area contributed by atoms with E-state index in [1.54, 1.807) is 16.4 Å². The molecule has 108 valence electrons. The van der Waals surface area contributed by atoms with Crippen LogP contribution in [0.1, 0.15) is 24.6 Å². The fraction of sp³-hybridized carbons (Fsp3) is 0.692. The molecule has 1 amide bonds. The number of hydrogen-bond acceptors (Lipinski definition) is 4. The van der Waals surface area contributed by atoms with Crippen LogP contribution in [0, 0.1) is 6.92 Å². The van der Waals surface area contributed by atoms with E-state index < -0.39 is 0 Å². The van der Waals surface area contributed by atoms with Gasteiger partial charge in [-0.1, -0.05) is 0 Å². The molecule has 0 saturated carbocycles. The minimum Gasteiger partial charge on any atom is -0.395 e. The van der Waals surface area contributed by atoms with E-state index in [2.05, 4.69) is 10.4 Å². The van der Waals surface area contributed by atoms with Crippen LogP contribution < -0.4 is 5.32 Å². The molecule has 2 N–H and O–H groups in total. The molecule has 0 fully saturated rings. The van der Waals surface area contributed by atoms with Gasteiger partial charge in [0.15, 0.2) is 0 Å². The van der Waals surface area contributed by atoms with Crippen LogP contribution >= 0.6 is 11.8 Å². The summed E-state index contributed by atoms with van der Waals surface area (Å²) in [6, 6.07) is -0.0255. The van der Waals surface area contributed by atoms with E-state index in [-0.39, 0.29) is 23.8 Å². The quantitative estimate of drug-likeness (QED) is 0.781. The van der Waals surface area contributed by atoms with Crippen molar-refractivity contribution in [1.29, 1.82) is 0 Å². The summed E-state index contributed by atoms with van der Waals surface area (Å²) in [5, 5.41) is 16.4. The molecule has 0 aliphatic carbocycles. The van der Waals surface area contributed by atoms with Crippen molar-refractivity contribution in [1.82, 2.24) is 15.1 Å². The van der Waals surface area contributed by atoms with E-state index in [0.29, 0.717) is 12.8 Å². The first-order valence-electron chi connectivity index (χ1n) is 6.40. The van der Waals surface area contributed by atoms with Gasteiger partial charge >= 0.3 is 0 Å². The Labute approximate surface area is 118 Å². The minimum atomic E-state index is -0.0255. The summed E-state index contributed by atoms with van der Waals surface area (Å²) < 4.78 is 1.76. The summed E-state index contributed by atoms with van der Waals surface area (Å²) in [6.45, 7) is 3.94. The molecule has 2 atom stereocenters. The number of aliphatic hydroxyl groups is 1. The van der Waals surface area contributed by atoms with Crippen LogP contribution in [-0.4, -0.2) is 44.9 Å². The van der Waals surface area contributed by atoms with Crippen LogP contribution in [0.4, 0.5) is 0 Å². The standard InChI is InChI=1S/C13H23N3O2S/c1-9-11(7-16(3)15-9)5-6-13(18)14-10(2)12(8-17)19-4/h7,10,12,17H,5-6,8H2,1-4H3,(H,14,18). The topological polar surface area (TPSA) is 67.2 Å². The summed E-state index contributed by atoms with van der Waals surface area (Å²) in [5.41, 5.74) is 2.08. The number of carbonyl (C=O) groups is 1. The van der Waals surface area contributed by atoms with Gasteiger partial charge in [-0.05, 0) is 32.1 Å². The smallest absolute Gasteiger partial charge is 0.220 e. The molecule has 0 aromatic carbocycles. The Kier molecular flexibility index (Phi) is 6.37. The number of hydrogen-bond donors (Lipinski definition) is 2. The molecule has 1 aromatic rings. The van der Waals surface area contributed by atoms with Gasteiger partial charge in [0.1, 0.15) is 0 Å². The lowest BCUT2D eigenvalue weighted by atomic mass is 10.1. The van der Waals surface area contributed by atoms with Gasteiger partial charge in [-0.2, -0.15) is 16.9 Å². The van der Waals surface area contributed by atoms with Gasteiger partial charge in [0.25, 0.3) is 0 Å². The molecule has 1 rings (SSSR count). The highest BCUT2D eigenvalue weighted by atomic mass is 32.2. The molecule has 6 heteroatoms. The molecule has 1 heterocycles. The van der Waals surface area contributed by atoms with Crippen molar-refractivity contribution < 1.29 is 9.90 Å². The van der Waals surface area contributed by atoms with E-state index in [1.165, 1.54) is 0 Å². The Morgan fingerprint density at radius 2 is 2.32 bits per heavy atom. The third-order valence-electron chi connectivity index (χ3n) is 3.17. The highest BCUT2D eigenvalue weighted by Gasteiger charge is 2.17. The molecule has 1 aromatic heterocycles. The fourth-order valence-corrected chi connectivity index (χ4v) is 2.62. The Morgan fingerprint density at radius 3 is 2.79 bits per heavy atom. The van der Waals surface area contributed by atoms with Crippen LogP contribution in [0.15, 0.2) is 6.20 Å². The van der Waals surface area contributed by atoms with Crippen molar-refractivity contribution in [2.24, 2.45) is 7.05 Å². The second-order valence-corrected chi connectivity index (χ2v) is 5.80. The van der Waals surface area contributed by atoms with Crippen molar-refractivity contribution in [3.05, 3.63) is 17.5 Å². The predicted molar refractivity (Wildman–Crippen MR) is 78.3 cm³/mol. The second-order valence-electron chi connectivity index (χ2n) is 4.73. The third-order valence-corrected chi connectivity index (χ3v) is 4.33. The largest absolute Gasteiger partial charge is 0.395 e. The van der Waals surface area contributed by atoms with Crippen molar-refractivity contribution >= 4 is 17.7 Å². The summed E-state index contributed by atoms with van der Waals surface area (Å²) in [6.07, 6.45) is 5.03. The number of nitrogens with zero attached hydrogens (tertiary/aromatic N) is 2. The lowest BCUT2D eigenvalue weighted by molar-refractivity contribution is -0.121. The van der Waals surface area contributed by atoms with Gasteiger partial charge in [0, 0.05) is 31.0 Å². The second kappa shape index (κ2) is 7.55. The average Bonchev–Trinajstić information content (AvgIpc) is 2.66. The Balaban J connectivity index is 2.41. The molecular weight excluding hydrogens is 262 g/mol. The number of rotatable bonds is 7. The number of nitrogens with one attached hydrogen (secondary N) is 1. The van der Waals surface area contributed by atoms with Crippen molar-refractivity contribution in [3.8, 4) is 0 Å². The van der Waals surface area contributed by atoms with Gasteiger partial charge < -0.3 is 10.4 Å². The van der Waals surface area contributed by atoms with Crippen LogP contribution in [0.2, 0.25) is 0 Å². The van der Waals surface area contributed by atoms with Gasteiger partial charge in [-0.15, -0.1) is 0 Å². The number of aryl methyl sites for hydroxylation is 3. The summed E-state index contributed by atoms with van der Waals surface area (Å²) in [7, 11) is 1.88. The summed E-state index contributed by atoms with van der Waals surface area (Å²) in [4.78, 5) is 11.9. The third kappa shape index (κ3) is 4.87. The fourth-order valence-electron chi connectivity index (χ4n) is 2.00. The van der Waals surface area contributed by atoms with Crippen molar-refractivity contribution in [2.75, 3.05) is 12.9 Å². The molecule has 0 spiro atoms. The number of amides is 1. The van der Waals surface area contributed by atoms with Gasteiger partial charge in [0.05, 0.1) is 12.3 Å². The zero-order valence-electron chi connectivity index (χ0n) is 12.0. The van der Waals surface area contributed by atoms with Crippen LogP contribution in [0.3, 0.4) is 0 Å². The molecular formula is C13H23N3O2S. The van der Waals surface area contributed by atoms with Crippen molar-refractivity contribution in [2.45, 2.75) is 38.0 Å². The highest BCUT2D eigenvalue weighted by Crippen LogP contribution is 2.11. The molecule has 2 unspecified atom stereocenters. The summed E-state index contributed by atoms with van der Waals surface area (Å²) in [5.74, 6) is 0.0169. The molecule has 0 aliphatic rings. The SMILES string of the molecule is CSC(CO)C(C)NC(=O)CCc1cn(C)nc1C. The monoisotopic (exact) mass is 285 g/mol. The number of thioether (sulfide) groups is 1. The summed E-state index contributed by atoms with van der Waals surface area (Å²) >= 11 is 1.56. The van der Waals surface area contributed by atoms with E-state index in [4.69, 9.17) is 0 Å². The Bertz CT molecular complexity index is 416. The lowest BCUT2D eigenvalue weighted by Gasteiger charge is -2.21. The van der Waals surface area contributed by atoms with Gasteiger partial charge in [0.2, 0.25) is 5.91 Å². The lowest BCUT2D eigenvalue weighted by Crippen LogP contribution is -2.41. The van der Waals surface area contributed by atoms with E-state index in [0.717, 1.165) is 11.3 Å². The Hall–Kier alpha value is -1.01. The average molecular weight is 285 g/mol. The first-order chi connectivity index (χ1) is 8.97. The zero-order valence-corrected chi connectivity index (χ0v) is 12.8. The molecule has 0 radical (unpaired) electrons. The van der Waals surface area contributed by atoms with Gasteiger partial charge in [-0.25, -0.2) is 0 Å². The van der Waals surface area contributed by atoms with E-state index >= 15 is 0 Å². The predicted octanol–water partition coefficient (Wildman–Crippen LogP) is 0.890. The normalized spacial score (nSPS) is 14.2. The molecule has 0 aliphatic heterocycles. The minimum absolute atomic E-state index is 0.0169. The van der Waals surface area contributed by atoms with Crippen LogP contribution in [0.25, 0.3) is 0 Å². The number of aromatic nitrogens is 2. The van der Waals surface area contributed by atoms with Crippen LogP contribution in [0.5, 0.6) is 0 Å². The maximum atomic E-state index is 11.9. The van der Waals surface area contributed by atoms with Gasteiger partial charge in [-0.3, -0.25) is 9.48 Å². The number of carbonyl (C=O) groups excluding carboxylic acids is 1. The molecule has 19 heavy (non-hydrogen) atoms. The molecule has 0 saturated heterocycles. The van der Waals surface area contributed by atoms with Crippen LogP contribution in [-0.2, 0) is 18.3 Å². The Morgan fingerprint density at radius 1 is 1.63 bits per heavy atom. The zero-order chi connectivity index (χ0) is 14.4. The first kappa shape index (κ1) is 16.0.